The highest BCUT2D eigenvalue weighted by molar-refractivity contribution is 7.18. The quantitative estimate of drug-likeness (QED) is 0.714. The summed E-state index contributed by atoms with van der Waals surface area (Å²) in [5.41, 5.74) is 9.13. The number of carbonyl (C=O) groups is 1. The van der Waals surface area contributed by atoms with Crippen molar-refractivity contribution in [2.24, 2.45) is 0 Å². The molecule has 2 aromatic rings. The van der Waals surface area contributed by atoms with Crippen LogP contribution >= 0.6 is 11.3 Å². The minimum atomic E-state index is 0.130. The van der Waals surface area contributed by atoms with Crippen molar-refractivity contribution in [2.75, 3.05) is 11.1 Å². The van der Waals surface area contributed by atoms with E-state index in [0.29, 0.717) is 29.4 Å². The van der Waals surface area contributed by atoms with Crippen LogP contribution < -0.4 is 11.1 Å². The highest BCUT2D eigenvalue weighted by Crippen LogP contribution is 2.51. The van der Waals surface area contributed by atoms with E-state index in [9.17, 15) is 4.79 Å². The lowest BCUT2D eigenvalue weighted by atomic mass is 10.1. The molecule has 1 aliphatic rings. The van der Waals surface area contributed by atoms with E-state index in [1.54, 1.807) is 6.20 Å². The molecule has 0 aromatic carbocycles. The van der Waals surface area contributed by atoms with Gasteiger partial charge in [0.25, 0.3) is 0 Å². The molecule has 1 aliphatic carbocycles. The number of hydrogen-bond donors (Lipinski definition) is 3. The number of carbonyl (C=O) groups excluding carboxylic acids is 1. The molecule has 2 aromatic heterocycles. The van der Waals surface area contributed by atoms with E-state index in [-0.39, 0.29) is 5.78 Å². The molecule has 4 N–H and O–H groups in total. The Kier molecular flexibility index (Phi) is 3.48. The molecule has 0 amide bonds. The summed E-state index contributed by atoms with van der Waals surface area (Å²) in [4.78, 5) is 12.7. The van der Waals surface area contributed by atoms with Crippen LogP contribution in [0.5, 0.6) is 0 Å². The van der Waals surface area contributed by atoms with Crippen LogP contribution in [0.3, 0.4) is 0 Å². The second-order valence-electron chi connectivity index (χ2n) is 5.10. The molecular formula is C14H18N4OS. The average molecular weight is 290 g/mol. The van der Waals surface area contributed by atoms with Gasteiger partial charge in [0.15, 0.2) is 5.78 Å². The second kappa shape index (κ2) is 5.28. The number of H-pyrrole nitrogens is 1. The molecule has 2 heterocycles. The molecule has 106 valence electrons. The zero-order valence-electron chi connectivity index (χ0n) is 11.4. The lowest BCUT2D eigenvalue weighted by molar-refractivity contribution is 0.0993. The molecule has 1 fully saturated rings. The molecule has 0 saturated heterocycles. The van der Waals surface area contributed by atoms with Crippen LogP contribution in [0.4, 0.5) is 10.7 Å². The molecule has 0 aliphatic heterocycles. The number of hydrogen-bond acceptors (Lipinski definition) is 5. The first-order valence-corrected chi connectivity index (χ1v) is 7.69. The van der Waals surface area contributed by atoms with Crippen molar-refractivity contribution in [3.05, 3.63) is 28.4 Å². The average Bonchev–Trinajstić information content (AvgIpc) is 3.03. The number of Topliss-reactive ketones (excluding diaryl/α,β-unsaturated/α-hetero) is 1. The lowest BCUT2D eigenvalue weighted by Crippen LogP contribution is -2.01. The van der Waals surface area contributed by atoms with Crippen molar-refractivity contribution in [3.8, 4) is 0 Å². The summed E-state index contributed by atoms with van der Waals surface area (Å²) < 4.78 is 0. The number of aromatic nitrogens is 2. The SMILES string of the molecule is CCC(=O)c1sc(NCc2cn[nH]c2)c(C2CC2)c1N. The Balaban J connectivity index is 1.86. The molecule has 5 nitrogen and oxygen atoms in total. The standard InChI is InChI=1S/C14H18N4OS/c1-2-10(19)13-12(15)11(9-3-4-9)14(20-13)16-5-8-6-17-18-7-8/h6-7,9,16H,2-5,15H2,1H3,(H,17,18). The highest BCUT2D eigenvalue weighted by atomic mass is 32.1. The summed E-state index contributed by atoms with van der Waals surface area (Å²) >= 11 is 1.49. The number of thiophene rings is 1. The number of nitrogen functional groups attached to an aromatic ring is 1. The summed E-state index contributed by atoms with van der Waals surface area (Å²) in [5.74, 6) is 0.655. The van der Waals surface area contributed by atoms with Crippen molar-refractivity contribution in [2.45, 2.75) is 38.6 Å². The molecule has 3 rings (SSSR count). The van der Waals surface area contributed by atoms with Gasteiger partial charge in [0.1, 0.15) is 0 Å². The predicted molar refractivity (Wildman–Crippen MR) is 81.2 cm³/mol. The van der Waals surface area contributed by atoms with Gasteiger partial charge in [-0.1, -0.05) is 6.92 Å². The first-order chi connectivity index (χ1) is 9.70. The van der Waals surface area contributed by atoms with Gasteiger partial charge in [0.2, 0.25) is 0 Å². The van der Waals surface area contributed by atoms with Crippen LogP contribution in [-0.2, 0) is 6.54 Å². The van der Waals surface area contributed by atoms with Crippen LogP contribution in [0.15, 0.2) is 12.4 Å². The van der Waals surface area contributed by atoms with Gasteiger partial charge < -0.3 is 11.1 Å². The van der Waals surface area contributed by atoms with Crippen molar-refractivity contribution in [1.82, 2.24) is 10.2 Å². The number of nitrogens with two attached hydrogens (primary N) is 1. The highest BCUT2D eigenvalue weighted by Gasteiger charge is 2.32. The van der Waals surface area contributed by atoms with Crippen LogP contribution in [0.25, 0.3) is 0 Å². The van der Waals surface area contributed by atoms with Crippen LogP contribution in [0.1, 0.15) is 52.9 Å². The van der Waals surface area contributed by atoms with Crippen molar-refractivity contribution in [3.63, 3.8) is 0 Å². The predicted octanol–water partition coefficient (Wildman–Crippen LogP) is 3.14. The van der Waals surface area contributed by atoms with Gasteiger partial charge in [-0.15, -0.1) is 11.3 Å². The number of anilines is 2. The molecule has 0 radical (unpaired) electrons. The largest absolute Gasteiger partial charge is 0.397 e. The van der Waals surface area contributed by atoms with Gasteiger partial charge in [-0.05, 0) is 18.8 Å². The second-order valence-corrected chi connectivity index (χ2v) is 6.12. The summed E-state index contributed by atoms with van der Waals surface area (Å²) in [5, 5.41) is 11.2. The van der Waals surface area contributed by atoms with Crippen LogP contribution in [0.2, 0.25) is 0 Å². The Morgan fingerprint density at radius 2 is 2.40 bits per heavy atom. The minimum Gasteiger partial charge on any atom is -0.397 e. The Morgan fingerprint density at radius 3 is 3.00 bits per heavy atom. The zero-order chi connectivity index (χ0) is 14.1. The minimum absolute atomic E-state index is 0.130. The maximum atomic E-state index is 12.0. The number of nitrogens with one attached hydrogen (secondary N) is 2. The van der Waals surface area contributed by atoms with E-state index in [2.05, 4.69) is 15.5 Å². The molecule has 0 bridgehead atoms. The van der Waals surface area contributed by atoms with E-state index in [1.165, 1.54) is 24.2 Å². The number of aromatic amines is 1. The Bertz CT molecular complexity index is 613. The molecule has 6 heteroatoms. The van der Waals surface area contributed by atoms with E-state index < -0.39 is 0 Å². The first-order valence-electron chi connectivity index (χ1n) is 6.87. The molecule has 0 spiro atoms. The number of rotatable bonds is 6. The maximum absolute atomic E-state index is 12.0. The number of ketones is 1. The van der Waals surface area contributed by atoms with Crippen LogP contribution in [-0.4, -0.2) is 16.0 Å². The summed E-state index contributed by atoms with van der Waals surface area (Å²) in [6.45, 7) is 2.56. The monoisotopic (exact) mass is 290 g/mol. The van der Waals surface area contributed by atoms with Gasteiger partial charge in [0, 0.05) is 30.3 Å². The molecular weight excluding hydrogens is 272 g/mol. The smallest absolute Gasteiger partial charge is 0.174 e. The fraction of sp³-hybridized carbons (Fsp3) is 0.429. The first kappa shape index (κ1) is 13.2. The fourth-order valence-electron chi connectivity index (χ4n) is 2.29. The fourth-order valence-corrected chi connectivity index (χ4v) is 3.50. The molecule has 0 atom stereocenters. The van der Waals surface area contributed by atoms with E-state index >= 15 is 0 Å². The Morgan fingerprint density at radius 1 is 1.60 bits per heavy atom. The van der Waals surface area contributed by atoms with Crippen LogP contribution in [0, 0.1) is 0 Å². The normalized spacial score (nSPS) is 14.4. The maximum Gasteiger partial charge on any atom is 0.174 e. The van der Waals surface area contributed by atoms with E-state index in [1.807, 2.05) is 13.1 Å². The third-order valence-electron chi connectivity index (χ3n) is 3.55. The van der Waals surface area contributed by atoms with Crippen molar-refractivity contribution in [1.29, 1.82) is 0 Å². The lowest BCUT2D eigenvalue weighted by Gasteiger charge is -2.05. The van der Waals surface area contributed by atoms with Gasteiger partial charge in [-0.25, -0.2) is 0 Å². The van der Waals surface area contributed by atoms with Gasteiger partial charge in [-0.3, -0.25) is 9.89 Å². The Hall–Kier alpha value is -1.82. The topological polar surface area (TPSA) is 83.8 Å². The van der Waals surface area contributed by atoms with E-state index in [4.69, 9.17) is 5.73 Å². The third-order valence-corrected chi connectivity index (χ3v) is 4.77. The Labute approximate surface area is 121 Å². The van der Waals surface area contributed by atoms with Gasteiger partial charge in [0.05, 0.1) is 21.8 Å². The molecule has 0 unspecified atom stereocenters. The number of nitrogens with zero attached hydrogens (tertiary/aromatic N) is 1. The summed E-state index contributed by atoms with van der Waals surface area (Å²) in [6.07, 6.45) is 6.48. The van der Waals surface area contributed by atoms with Gasteiger partial charge >= 0.3 is 0 Å². The zero-order valence-corrected chi connectivity index (χ0v) is 12.2. The summed E-state index contributed by atoms with van der Waals surface area (Å²) in [7, 11) is 0. The molecule has 1 saturated carbocycles. The van der Waals surface area contributed by atoms with Crippen molar-refractivity contribution >= 4 is 27.8 Å². The van der Waals surface area contributed by atoms with Gasteiger partial charge in [-0.2, -0.15) is 5.10 Å². The molecule has 20 heavy (non-hydrogen) atoms. The third kappa shape index (κ3) is 2.43. The summed E-state index contributed by atoms with van der Waals surface area (Å²) in [6, 6.07) is 0. The van der Waals surface area contributed by atoms with E-state index in [0.717, 1.165) is 16.1 Å². The van der Waals surface area contributed by atoms with Crippen molar-refractivity contribution < 1.29 is 4.79 Å².